The van der Waals surface area contributed by atoms with Crippen LogP contribution in [0.2, 0.25) is 19.6 Å². The van der Waals surface area contributed by atoms with Gasteiger partial charge >= 0.3 is 0 Å². The molecule has 1 saturated heterocycles. The predicted molar refractivity (Wildman–Crippen MR) is 104 cm³/mol. The molecule has 0 bridgehead atoms. The highest BCUT2D eigenvalue weighted by Gasteiger charge is 2.59. The van der Waals surface area contributed by atoms with Crippen LogP contribution in [0.4, 0.5) is 0 Å². The van der Waals surface area contributed by atoms with Crippen LogP contribution in [0, 0.1) is 17.8 Å². The van der Waals surface area contributed by atoms with Crippen molar-refractivity contribution >= 4 is 20.1 Å². The fourth-order valence-corrected chi connectivity index (χ4v) is 5.56. The van der Waals surface area contributed by atoms with Crippen LogP contribution < -0.4 is 0 Å². The maximum atomic E-state index is 6.56. The summed E-state index contributed by atoms with van der Waals surface area (Å²) in [7, 11) is -1.69. The third-order valence-electron chi connectivity index (χ3n) is 4.21. The Morgan fingerprint density at radius 2 is 1.71 bits per heavy atom. The molecule has 4 nitrogen and oxygen atoms in total. The van der Waals surface area contributed by atoms with Gasteiger partial charge in [-0.2, -0.15) is 0 Å². The lowest BCUT2D eigenvalue weighted by atomic mass is 10.0. The number of thioether (sulfide) groups is 1. The molecule has 0 amide bonds. The van der Waals surface area contributed by atoms with Crippen molar-refractivity contribution in [1.29, 1.82) is 0 Å². The summed E-state index contributed by atoms with van der Waals surface area (Å²) < 4.78 is 19.4. The molecule has 0 aromatic heterocycles. The lowest BCUT2D eigenvalue weighted by Crippen LogP contribution is -2.57. The van der Waals surface area contributed by atoms with Crippen molar-refractivity contribution in [1.82, 2.24) is 4.90 Å². The Balaban J connectivity index is 2.36. The van der Waals surface area contributed by atoms with Gasteiger partial charge in [-0.05, 0) is 36.9 Å². The predicted octanol–water partition coefficient (Wildman–Crippen LogP) is 5.05. The second-order valence-electron chi connectivity index (χ2n) is 8.84. The Labute approximate surface area is 153 Å². The van der Waals surface area contributed by atoms with Crippen molar-refractivity contribution in [2.45, 2.75) is 84.9 Å². The van der Waals surface area contributed by atoms with Crippen molar-refractivity contribution in [2.24, 2.45) is 17.8 Å². The van der Waals surface area contributed by atoms with E-state index in [1.54, 1.807) is 11.8 Å². The van der Waals surface area contributed by atoms with Gasteiger partial charge in [0.05, 0.1) is 0 Å². The zero-order valence-corrected chi connectivity index (χ0v) is 18.5. The Bertz CT molecular complexity index is 464. The summed E-state index contributed by atoms with van der Waals surface area (Å²) in [6, 6.07) is 0. The highest BCUT2D eigenvalue weighted by atomic mass is 32.2. The summed E-state index contributed by atoms with van der Waals surface area (Å²) in [5, 5.41) is 1.61. The summed E-state index contributed by atoms with van der Waals surface area (Å²) in [5.74, 6) is 1.05. The van der Waals surface area contributed by atoms with Gasteiger partial charge in [-0.3, -0.25) is 0 Å². The van der Waals surface area contributed by atoms with Gasteiger partial charge in [0.1, 0.15) is 12.3 Å². The topological polar surface area (TPSA) is 30.9 Å². The molecule has 4 unspecified atom stereocenters. The van der Waals surface area contributed by atoms with Crippen LogP contribution >= 0.6 is 11.8 Å². The number of hydrogen-bond donors (Lipinski definition) is 0. The summed E-state index contributed by atoms with van der Waals surface area (Å²) in [5.41, 5.74) is 0. The van der Waals surface area contributed by atoms with E-state index in [9.17, 15) is 0 Å². The van der Waals surface area contributed by atoms with Crippen LogP contribution in [0.1, 0.15) is 41.5 Å². The second-order valence-corrected chi connectivity index (χ2v) is 14.4. The lowest BCUT2D eigenvalue weighted by Gasteiger charge is -2.45. The van der Waals surface area contributed by atoms with Gasteiger partial charge in [-0.25, -0.2) is 0 Å². The standard InChI is InChI=1S/C18H35NO3SSi/c1-12(2)15-18(21-17(20-15)14(5)6)19(10-11-23-18)16(13(3)4)22-24(7,8)9/h10-17H,1-9H3. The molecule has 6 heteroatoms. The minimum Gasteiger partial charge on any atom is -0.398 e. The Kier molecular flexibility index (Phi) is 6.18. The molecule has 0 aromatic rings. The van der Waals surface area contributed by atoms with Gasteiger partial charge < -0.3 is 18.8 Å². The number of rotatable bonds is 6. The van der Waals surface area contributed by atoms with Gasteiger partial charge in [0, 0.05) is 12.1 Å². The molecule has 0 aliphatic carbocycles. The summed E-state index contributed by atoms with van der Waals surface area (Å²) in [6.45, 7) is 19.9. The van der Waals surface area contributed by atoms with E-state index < -0.39 is 13.4 Å². The Morgan fingerprint density at radius 1 is 1.08 bits per heavy atom. The van der Waals surface area contributed by atoms with Crippen LogP contribution in [0.5, 0.6) is 0 Å². The first-order valence-corrected chi connectivity index (χ1v) is 13.4. The van der Waals surface area contributed by atoms with Crippen molar-refractivity contribution < 1.29 is 13.9 Å². The molecule has 1 fully saturated rings. The van der Waals surface area contributed by atoms with E-state index in [-0.39, 0.29) is 18.6 Å². The number of hydrogen-bond acceptors (Lipinski definition) is 5. The van der Waals surface area contributed by atoms with E-state index in [2.05, 4.69) is 77.7 Å². The molecule has 2 aliphatic heterocycles. The molecule has 24 heavy (non-hydrogen) atoms. The number of ether oxygens (including phenoxy) is 2. The molecular weight excluding hydrogens is 338 g/mol. The molecule has 2 rings (SSSR count). The first-order chi connectivity index (χ1) is 11.0. The maximum Gasteiger partial charge on any atom is 0.225 e. The first kappa shape index (κ1) is 20.3. The Morgan fingerprint density at radius 3 is 2.17 bits per heavy atom. The fraction of sp³-hybridized carbons (Fsp3) is 0.889. The van der Waals surface area contributed by atoms with Gasteiger partial charge in [0.2, 0.25) is 5.06 Å². The van der Waals surface area contributed by atoms with Crippen LogP contribution in [-0.2, 0) is 13.9 Å². The summed E-state index contributed by atoms with van der Waals surface area (Å²) >= 11 is 1.72. The van der Waals surface area contributed by atoms with Crippen LogP contribution in [-0.4, -0.2) is 36.9 Å². The second kappa shape index (κ2) is 7.31. The van der Waals surface area contributed by atoms with E-state index in [1.165, 1.54) is 0 Å². The fourth-order valence-electron chi connectivity index (χ4n) is 3.16. The molecular formula is C18H35NO3SSi. The summed E-state index contributed by atoms with van der Waals surface area (Å²) in [4.78, 5) is 2.29. The monoisotopic (exact) mass is 373 g/mol. The highest BCUT2D eigenvalue weighted by molar-refractivity contribution is 8.03. The molecule has 2 aliphatic rings. The SMILES string of the molecule is CC(C)C1OC(C(C)C)C2(O1)SC=CN2C(O[Si](C)(C)C)C(C)C. The van der Waals surface area contributed by atoms with Crippen molar-refractivity contribution in [2.75, 3.05) is 0 Å². The van der Waals surface area contributed by atoms with Gasteiger partial charge in [-0.15, -0.1) is 0 Å². The summed E-state index contributed by atoms with van der Waals surface area (Å²) in [6.07, 6.45) is 1.97. The molecule has 0 radical (unpaired) electrons. The smallest absolute Gasteiger partial charge is 0.225 e. The lowest BCUT2D eigenvalue weighted by molar-refractivity contribution is -0.149. The average molecular weight is 374 g/mol. The molecule has 0 saturated carbocycles. The zero-order chi connectivity index (χ0) is 18.3. The van der Waals surface area contributed by atoms with E-state index in [0.717, 1.165) is 0 Å². The minimum absolute atomic E-state index is 0.00122. The molecule has 4 atom stereocenters. The van der Waals surface area contributed by atoms with Gasteiger partial charge in [0.15, 0.2) is 14.6 Å². The van der Waals surface area contributed by atoms with Gasteiger partial charge in [-0.1, -0.05) is 53.3 Å². The first-order valence-electron chi connectivity index (χ1n) is 9.12. The molecule has 140 valence electrons. The minimum atomic E-state index is -1.69. The van der Waals surface area contributed by atoms with E-state index in [0.29, 0.717) is 17.8 Å². The van der Waals surface area contributed by atoms with Crippen molar-refractivity contribution in [3.63, 3.8) is 0 Å². The molecule has 2 heterocycles. The Hall–Kier alpha value is -0.0131. The van der Waals surface area contributed by atoms with Crippen LogP contribution in [0.15, 0.2) is 11.6 Å². The van der Waals surface area contributed by atoms with E-state index in [4.69, 9.17) is 13.9 Å². The quantitative estimate of drug-likeness (QED) is 0.608. The van der Waals surface area contributed by atoms with Crippen molar-refractivity contribution in [3.05, 3.63) is 11.6 Å². The molecule has 0 aromatic carbocycles. The van der Waals surface area contributed by atoms with Gasteiger partial charge in [0.25, 0.3) is 0 Å². The van der Waals surface area contributed by atoms with E-state index >= 15 is 0 Å². The largest absolute Gasteiger partial charge is 0.398 e. The normalized spacial score (nSPS) is 32.1. The number of nitrogens with zero attached hydrogens (tertiary/aromatic N) is 1. The zero-order valence-electron chi connectivity index (χ0n) is 16.7. The third-order valence-corrected chi connectivity index (χ3v) is 6.30. The molecule has 1 spiro atoms. The maximum absolute atomic E-state index is 6.56. The highest BCUT2D eigenvalue weighted by Crippen LogP contribution is 2.52. The molecule has 0 N–H and O–H groups in total. The van der Waals surface area contributed by atoms with E-state index in [1.807, 2.05) is 0 Å². The van der Waals surface area contributed by atoms with Crippen molar-refractivity contribution in [3.8, 4) is 0 Å². The van der Waals surface area contributed by atoms with Crippen LogP contribution in [0.3, 0.4) is 0 Å². The average Bonchev–Trinajstić information content (AvgIpc) is 3.00. The van der Waals surface area contributed by atoms with Crippen LogP contribution in [0.25, 0.3) is 0 Å². The third kappa shape index (κ3) is 4.04.